The summed E-state index contributed by atoms with van der Waals surface area (Å²) < 4.78 is 129. The van der Waals surface area contributed by atoms with Crippen LogP contribution in [-0.2, 0) is 15.6 Å². The van der Waals surface area contributed by atoms with Crippen LogP contribution in [0, 0.1) is 40.8 Å². The maximum Gasteiger partial charge on any atom is 0.427 e. The van der Waals surface area contributed by atoms with Crippen molar-refractivity contribution in [2.24, 2.45) is 5.92 Å². The minimum Gasteiger partial charge on any atom is -0.423 e. The maximum atomic E-state index is 14.8. The van der Waals surface area contributed by atoms with Crippen LogP contribution in [-0.4, -0.2) is 13.2 Å². The summed E-state index contributed by atoms with van der Waals surface area (Å²) in [5.41, 5.74) is -2.18. The average Bonchev–Trinajstić information content (AvgIpc) is 2.88. The molecule has 3 aromatic carbocycles. The molecule has 0 aromatic heterocycles. The number of hydrogen-bond donors (Lipinski definition) is 0. The summed E-state index contributed by atoms with van der Waals surface area (Å²) in [5.74, 6) is -10.6. The molecule has 0 spiro atoms. The molecule has 1 fully saturated rings. The Hall–Kier alpha value is -3.18. The topological polar surface area (TPSA) is 27.7 Å². The summed E-state index contributed by atoms with van der Waals surface area (Å²) >= 11 is 0. The van der Waals surface area contributed by atoms with E-state index in [1.165, 1.54) is 0 Å². The second kappa shape index (κ2) is 11.3. The minimum absolute atomic E-state index is 0.0706. The number of alkyl halides is 2. The first-order valence-corrected chi connectivity index (χ1v) is 11.7. The molecule has 0 amide bonds. The van der Waals surface area contributed by atoms with Crippen LogP contribution in [0.25, 0.3) is 11.1 Å². The van der Waals surface area contributed by atoms with Crippen LogP contribution >= 0.6 is 0 Å². The van der Waals surface area contributed by atoms with Crippen molar-refractivity contribution in [3.63, 3.8) is 0 Å². The lowest BCUT2D eigenvalue weighted by Gasteiger charge is -2.30. The first kappa shape index (κ1) is 27.8. The first-order valence-electron chi connectivity index (χ1n) is 11.7. The fraction of sp³-hybridized carbons (Fsp3) is 0.333. The van der Waals surface area contributed by atoms with Gasteiger partial charge < -0.3 is 14.2 Å². The van der Waals surface area contributed by atoms with Crippen LogP contribution in [0.1, 0.15) is 43.6 Å². The second-order valence-electron chi connectivity index (χ2n) is 8.89. The molecular formula is C27H22F8O3. The van der Waals surface area contributed by atoms with Gasteiger partial charge in [0.1, 0.15) is 5.82 Å². The van der Waals surface area contributed by atoms with Gasteiger partial charge in [0.25, 0.3) is 0 Å². The van der Waals surface area contributed by atoms with E-state index < -0.39 is 69.7 Å². The number of benzene rings is 3. The fourth-order valence-corrected chi connectivity index (χ4v) is 4.04. The summed E-state index contributed by atoms with van der Waals surface area (Å²) in [4.78, 5) is 0. The van der Waals surface area contributed by atoms with Crippen molar-refractivity contribution in [2.75, 3.05) is 13.2 Å². The standard InChI is InChI=1S/C27H22F8O3/c1-2-3-4-14-12-36-26(37-13-14)16-9-22(31)25(23(32)10-16)38-27(34,35)17-5-6-18(19(28)11-17)15-7-20(29)24(33)21(30)8-15/h5-11,14,26H,2-4,12-13H2,1H3. The van der Waals surface area contributed by atoms with Gasteiger partial charge in [-0.1, -0.05) is 25.8 Å². The van der Waals surface area contributed by atoms with Crippen LogP contribution < -0.4 is 4.74 Å². The van der Waals surface area contributed by atoms with Gasteiger partial charge in [0, 0.05) is 17.0 Å². The molecule has 11 heteroatoms. The van der Waals surface area contributed by atoms with Gasteiger partial charge in [-0.15, -0.1) is 0 Å². The van der Waals surface area contributed by atoms with Crippen LogP contribution in [0.3, 0.4) is 0 Å². The van der Waals surface area contributed by atoms with E-state index in [9.17, 15) is 35.1 Å². The lowest BCUT2D eigenvalue weighted by molar-refractivity contribution is -0.206. The highest BCUT2D eigenvalue weighted by molar-refractivity contribution is 5.65. The quantitative estimate of drug-likeness (QED) is 0.211. The molecule has 0 aliphatic carbocycles. The predicted octanol–water partition coefficient (Wildman–Crippen LogP) is 8.17. The lowest BCUT2D eigenvalue weighted by Crippen LogP contribution is -2.27. The normalized spacial score (nSPS) is 18.0. The monoisotopic (exact) mass is 546 g/mol. The Morgan fingerprint density at radius 2 is 1.42 bits per heavy atom. The van der Waals surface area contributed by atoms with E-state index in [-0.39, 0.29) is 17.5 Å². The van der Waals surface area contributed by atoms with Crippen LogP contribution in [0.15, 0.2) is 42.5 Å². The van der Waals surface area contributed by atoms with Gasteiger partial charge in [0.05, 0.1) is 18.8 Å². The Bertz CT molecular complexity index is 1260. The van der Waals surface area contributed by atoms with Crippen molar-refractivity contribution in [1.29, 1.82) is 0 Å². The van der Waals surface area contributed by atoms with Crippen LogP contribution in [0.5, 0.6) is 5.75 Å². The summed E-state index contributed by atoms with van der Waals surface area (Å²) in [6.07, 6.45) is -2.66. The molecule has 4 rings (SSSR count). The molecule has 38 heavy (non-hydrogen) atoms. The van der Waals surface area contributed by atoms with Gasteiger partial charge in [0.2, 0.25) is 0 Å². The average molecular weight is 546 g/mol. The molecule has 3 nitrogen and oxygen atoms in total. The molecule has 0 atom stereocenters. The summed E-state index contributed by atoms with van der Waals surface area (Å²) in [6, 6.07) is 4.12. The van der Waals surface area contributed by atoms with Crippen molar-refractivity contribution < 1.29 is 49.3 Å². The van der Waals surface area contributed by atoms with Crippen molar-refractivity contribution in [3.8, 4) is 16.9 Å². The first-order chi connectivity index (χ1) is 18.0. The highest BCUT2D eigenvalue weighted by Gasteiger charge is 2.38. The zero-order valence-electron chi connectivity index (χ0n) is 20.0. The maximum absolute atomic E-state index is 14.8. The van der Waals surface area contributed by atoms with Crippen molar-refractivity contribution in [2.45, 2.75) is 38.6 Å². The van der Waals surface area contributed by atoms with Gasteiger partial charge in [-0.2, -0.15) is 8.78 Å². The molecule has 3 aromatic rings. The SMILES string of the molecule is CCCCC1COC(c2cc(F)c(OC(F)(F)c3ccc(-c4cc(F)c(F)c(F)c4)c(F)c3)c(F)c2)OC1. The van der Waals surface area contributed by atoms with Gasteiger partial charge in [-0.3, -0.25) is 0 Å². The largest absolute Gasteiger partial charge is 0.427 e. The summed E-state index contributed by atoms with van der Waals surface area (Å²) in [5, 5.41) is 0. The number of ether oxygens (including phenoxy) is 3. The van der Waals surface area contributed by atoms with Gasteiger partial charge >= 0.3 is 6.11 Å². The second-order valence-corrected chi connectivity index (χ2v) is 8.89. The van der Waals surface area contributed by atoms with Crippen LogP contribution in [0.2, 0.25) is 0 Å². The molecule has 0 bridgehead atoms. The van der Waals surface area contributed by atoms with E-state index in [4.69, 9.17) is 9.47 Å². The van der Waals surface area contributed by atoms with Crippen molar-refractivity contribution in [1.82, 2.24) is 0 Å². The molecule has 0 saturated carbocycles. The van der Waals surface area contributed by atoms with Crippen molar-refractivity contribution in [3.05, 3.63) is 88.5 Å². The molecule has 0 N–H and O–H groups in total. The summed E-state index contributed by atoms with van der Waals surface area (Å²) in [7, 11) is 0. The third-order valence-electron chi connectivity index (χ3n) is 6.06. The third-order valence-corrected chi connectivity index (χ3v) is 6.06. The Morgan fingerprint density at radius 1 is 0.816 bits per heavy atom. The molecule has 1 aliphatic rings. The fourth-order valence-electron chi connectivity index (χ4n) is 4.04. The predicted molar refractivity (Wildman–Crippen MR) is 120 cm³/mol. The molecule has 1 aliphatic heterocycles. The zero-order valence-corrected chi connectivity index (χ0v) is 20.0. The number of halogens is 8. The minimum atomic E-state index is -4.41. The Balaban J connectivity index is 1.52. The van der Waals surface area contributed by atoms with E-state index in [1.807, 2.05) is 6.92 Å². The van der Waals surface area contributed by atoms with Crippen molar-refractivity contribution >= 4 is 0 Å². The van der Waals surface area contributed by atoms with Gasteiger partial charge in [-0.05, 0) is 48.4 Å². The molecule has 0 unspecified atom stereocenters. The molecule has 0 radical (unpaired) electrons. The van der Waals surface area contributed by atoms with E-state index in [0.717, 1.165) is 37.5 Å². The smallest absolute Gasteiger partial charge is 0.423 e. The van der Waals surface area contributed by atoms with E-state index in [2.05, 4.69) is 4.74 Å². The Labute approximate surface area is 212 Å². The number of rotatable bonds is 8. The Kier molecular flexibility index (Phi) is 8.27. The number of unbranched alkanes of at least 4 members (excludes halogenated alkanes) is 1. The third kappa shape index (κ3) is 5.94. The van der Waals surface area contributed by atoms with E-state index in [1.54, 1.807) is 0 Å². The highest BCUT2D eigenvalue weighted by Crippen LogP contribution is 2.38. The Morgan fingerprint density at radius 3 is 1.97 bits per heavy atom. The van der Waals surface area contributed by atoms with Gasteiger partial charge in [-0.25, -0.2) is 26.3 Å². The number of hydrogen-bond acceptors (Lipinski definition) is 3. The molecule has 204 valence electrons. The van der Waals surface area contributed by atoms with Gasteiger partial charge in [0.15, 0.2) is 41.1 Å². The lowest BCUT2D eigenvalue weighted by atomic mass is 10.0. The molecule has 1 saturated heterocycles. The molecular weight excluding hydrogens is 524 g/mol. The van der Waals surface area contributed by atoms with Crippen LogP contribution in [0.4, 0.5) is 35.1 Å². The van der Waals surface area contributed by atoms with E-state index in [0.29, 0.717) is 31.4 Å². The molecule has 1 heterocycles. The highest BCUT2D eigenvalue weighted by atomic mass is 19.3. The zero-order chi connectivity index (χ0) is 27.6. The van der Waals surface area contributed by atoms with E-state index >= 15 is 0 Å². The summed E-state index contributed by atoms with van der Waals surface area (Å²) in [6.45, 7) is 2.65.